The van der Waals surface area contributed by atoms with Crippen LogP contribution >= 0.6 is 0 Å². The van der Waals surface area contributed by atoms with Crippen LogP contribution in [0.15, 0.2) is 0 Å². The smallest absolute Gasteiger partial charge is 0.0431 e. The van der Waals surface area contributed by atoms with Crippen LogP contribution in [0.3, 0.4) is 0 Å². The van der Waals surface area contributed by atoms with E-state index in [-0.39, 0.29) is 0 Å². The molecule has 1 aliphatic carbocycles. The fourth-order valence-electron chi connectivity index (χ4n) is 1.33. The van der Waals surface area contributed by atoms with Gasteiger partial charge >= 0.3 is 0 Å². The molecule has 0 amide bonds. The summed E-state index contributed by atoms with van der Waals surface area (Å²) in [4.78, 5) is 0. The van der Waals surface area contributed by atoms with Crippen LogP contribution in [-0.2, 0) is 0 Å². The quantitative estimate of drug-likeness (QED) is 0.564. The van der Waals surface area contributed by atoms with E-state index in [1.165, 1.54) is 13.0 Å². The topological polar surface area (TPSA) is 32.3 Å². The summed E-state index contributed by atoms with van der Waals surface area (Å²) in [6, 6.07) is 0. The number of unbranched alkanes of at least 4 members (excludes halogenated alkanes) is 1. The number of aliphatic hydroxyl groups is 1. The van der Waals surface area contributed by atoms with Crippen molar-refractivity contribution in [1.29, 1.82) is 0 Å². The lowest BCUT2D eigenvalue weighted by molar-refractivity contribution is 0.283. The van der Waals surface area contributed by atoms with Gasteiger partial charge in [0.2, 0.25) is 0 Å². The van der Waals surface area contributed by atoms with Gasteiger partial charge in [-0.05, 0) is 44.2 Å². The first-order chi connectivity index (χ1) is 5.34. The number of aliphatic hydroxyl groups excluding tert-OH is 1. The molecule has 1 saturated carbocycles. The molecule has 0 radical (unpaired) electrons. The van der Waals surface area contributed by atoms with E-state index in [2.05, 4.69) is 12.2 Å². The first kappa shape index (κ1) is 9.01. The highest BCUT2D eigenvalue weighted by Crippen LogP contribution is 2.36. The summed E-state index contributed by atoms with van der Waals surface area (Å²) in [6.45, 7) is 4.90. The molecule has 0 heterocycles. The van der Waals surface area contributed by atoms with E-state index in [1.807, 2.05) is 0 Å². The number of hydrogen-bond donors (Lipinski definition) is 2. The Bertz CT molecular complexity index is 106. The van der Waals surface area contributed by atoms with E-state index < -0.39 is 0 Å². The molecule has 0 aliphatic heterocycles. The van der Waals surface area contributed by atoms with E-state index in [1.54, 1.807) is 0 Å². The van der Waals surface area contributed by atoms with Crippen molar-refractivity contribution in [2.45, 2.75) is 26.2 Å². The molecule has 2 N–H and O–H groups in total. The van der Waals surface area contributed by atoms with Crippen molar-refractivity contribution < 1.29 is 5.11 Å². The molecule has 0 saturated heterocycles. The van der Waals surface area contributed by atoms with Gasteiger partial charge in [0.25, 0.3) is 0 Å². The van der Waals surface area contributed by atoms with Crippen molar-refractivity contribution in [2.24, 2.45) is 11.8 Å². The summed E-state index contributed by atoms with van der Waals surface area (Å²) in [6.07, 6.45) is 3.46. The average molecular weight is 157 g/mol. The normalized spacial score (nSPS) is 28.9. The second-order valence-corrected chi connectivity index (χ2v) is 3.61. The lowest BCUT2D eigenvalue weighted by atomic mass is 10.3. The third-order valence-electron chi connectivity index (χ3n) is 2.44. The fraction of sp³-hybridized carbons (Fsp3) is 1.00. The van der Waals surface area contributed by atoms with Crippen molar-refractivity contribution in [2.75, 3.05) is 19.7 Å². The third-order valence-corrected chi connectivity index (χ3v) is 2.44. The Morgan fingerprint density at radius 3 is 2.73 bits per heavy atom. The molecule has 66 valence electrons. The molecule has 1 fully saturated rings. The predicted octanol–water partition coefficient (Wildman–Crippen LogP) is 1.00. The predicted molar refractivity (Wildman–Crippen MR) is 46.5 cm³/mol. The Balaban J connectivity index is 1.74. The highest BCUT2D eigenvalue weighted by Gasteiger charge is 2.31. The van der Waals surface area contributed by atoms with Gasteiger partial charge in [0, 0.05) is 6.61 Å². The monoisotopic (exact) mass is 157 g/mol. The standard InChI is InChI=1S/C9H19NO/c1-8-6-9(8)7-10-4-2-3-5-11/h8-11H,2-7H2,1H3. The minimum atomic E-state index is 0.335. The van der Waals surface area contributed by atoms with E-state index in [0.717, 1.165) is 31.2 Å². The highest BCUT2D eigenvalue weighted by molar-refractivity contribution is 4.83. The molecular weight excluding hydrogens is 138 g/mol. The summed E-state index contributed by atoms with van der Waals surface area (Å²) in [5, 5.41) is 11.9. The van der Waals surface area contributed by atoms with Gasteiger partial charge in [0.05, 0.1) is 0 Å². The Morgan fingerprint density at radius 2 is 2.18 bits per heavy atom. The van der Waals surface area contributed by atoms with Crippen LogP contribution in [0.1, 0.15) is 26.2 Å². The van der Waals surface area contributed by atoms with Crippen LogP contribution in [-0.4, -0.2) is 24.8 Å². The third kappa shape index (κ3) is 3.73. The number of rotatable bonds is 6. The van der Waals surface area contributed by atoms with Gasteiger partial charge in [-0.1, -0.05) is 6.92 Å². The van der Waals surface area contributed by atoms with Crippen LogP contribution < -0.4 is 5.32 Å². The Kier molecular flexibility index (Phi) is 3.87. The molecule has 0 aromatic carbocycles. The largest absolute Gasteiger partial charge is 0.396 e. The second-order valence-electron chi connectivity index (χ2n) is 3.61. The molecule has 0 bridgehead atoms. The average Bonchev–Trinajstić information content (AvgIpc) is 2.67. The van der Waals surface area contributed by atoms with E-state index in [4.69, 9.17) is 5.11 Å². The summed E-state index contributed by atoms with van der Waals surface area (Å²) in [5.74, 6) is 1.91. The van der Waals surface area contributed by atoms with Crippen LogP contribution in [0.5, 0.6) is 0 Å². The van der Waals surface area contributed by atoms with Gasteiger partial charge in [0.15, 0.2) is 0 Å². The Morgan fingerprint density at radius 1 is 1.45 bits per heavy atom. The molecule has 0 aromatic rings. The molecule has 0 aromatic heterocycles. The maximum Gasteiger partial charge on any atom is 0.0431 e. The first-order valence-electron chi connectivity index (χ1n) is 4.66. The van der Waals surface area contributed by atoms with E-state index >= 15 is 0 Å². The first-order valence-corrected chi connectivity index (χ1v) is 4.66. The van der Waals surface area contributed by atoms with Gasteiger partial charge < -0.3 is 10.4 Å². The summed E-state index contributed by atoms with van der Waals surface area (Å²) in [7, 11) is 0. The SMILES string of the molecule is CC1CC1CNCCCCO. The van der Waals surface area contributed by atoms with Crippen molar-refractivity contribution in [3.63, 3.8) is 0 Å². The molecule has 11 heavy (non-hydrogen) atoms. The van der Waals surface area contributed by atoms with Gasteiger partial charge in [-0.3, -0.25) is 0 Å². The number of hydrogen-bond acceptors (Lipinski definition) is 2. The van der Waals surface area contributed by atoms with Crippen molar-refractivity contribution >= 4 is 0 Å². The lowest BCUT2D eigenvalue weighted by Gasteiger charge is -2.01. The highest BCUT2D eigenvalue weighted by atomic mass is 16.2. The van der Waals surface area contributed by atoms with Crippen molar-refractivity contribution in [3.05, 3.63) is 0 Å². The maximum atomic E-state index is 8.50. The fourth-order valence-corrected chi connectivity index (χ4v) is 1.33. The van der Waals surface area contributed by atoms with Gasteiger partial charge in [0.1, 0.15) is 0 Å². The second kappa shape index (κ2) is 4.73. The van der Waals surface area contributed by atoms with E-state index in [9.17, 15) is 0 Å². The zero-order valence-electron chi connectivity index (χ0n) is 7.34. The van der Waals surface area contributed by atoms with Gasteiger partial charge in [-0.15, -0.1) is 0 Å². The molecule has 2 atom stereocenters. The van der Waals surface area contributed by atoms with Crippen molar-refractivity contribution in [1.82, 2.24) is 5.32 Å². The zero-order chi connectivity index (χ0) is 8.10. The van der Waals surface area contributed by atoms with Crippen molar-refractivity contribution in [3.8, 4) is 0 Å². The molecule has 1 aliphatic rings. The van der Waals surface area contributed by atoms with Crippen LogP contribution in [0, 0.1) is 11.8 Å². The zero-order valence-corrected chi connectivity index (χ0v) is 7.34. The van der Waals surface area contributed by atoms with Crippen LogP contribution in [0.2, 0.25) is 0 Å². The number of nitrogens with one attached hydrogen (secondary N) is 1. The van der Waals surface area contributed by atoms with E-state index in [0.29, 0.717) is 6.61 Å². The summed E-state index contributed by atoms with van der Waals surface area (Å²) >= 11 is 0. The molecule has 2 heteroatoms. The minimum absolute atomic E-state index is 0.335. The lowest BCUT2D eigenvalue weighted by Crippen LogP contribution is -2.18. The summed E-state index contributed by atoms with van der Waals surface area (Å²) in [5.41, 5.74) is 0. The maximum absolute atomic E-state index is 8.50. The minimum Gasteiger partial charge on any atom is -0.396 e. The van der Waals surface area contributed by atoms with Gasteiger partial charge in [-0.2, -0.15) is 0 Å². The molecule has 0 spiro atoms. The Labute approximate surface area is 69.0 Å². The van der Waals surface area contributed by atoms with Crippen LogP contribution in [0.4, 0.5) is 0 Å². The molecule has 2 unspecified atom stereocenters. The van der Waals surface area contributed by atoms with Crippen LogP contribution in [0.25, 0.3) is 0 Å². The molecule has 2 nitrogen and oxygen atoms in total. The summed E-state index contributed by atoms with van der Waals surface area (Å²) < 4.78 is 0. The Hall–Kier alpha value is -0.0800. The molecule has 1 rings (SSSR count). The van der Waals surface area contributed by atoms with Gasteiger partial charge in [-0.25, -0.2) is 0 Å². The molecular formula is C9H19NO.